The Bertz CT molecular complexity index is 543. The number of carbonyl (C=O) groups is 1. The molecule has 0 aliphatic carbocycles. The van der Waals surface area contributed by atoms with Crippen LogP contribution in [0.5, 0.6) is 0 Å². The summed E-state index contributed by atoms with van der Waals surface area (Å²) < 4.78 is 76.3. The van der Waals surface area contributed by atoms with Crippen molar-refractivity contribution in [3.8, 4) is 0 Å². The first kappa shape index (κ1) is 17.6. The minimum absolute atomic E-state index is 0.00466. The van der Waals surface area contributed by atoms with E-state index in [1.807, 2.05) is 0 Å². The Morgan fingerprint density at radius 3 is 2.09 bits per heavy atom. The Hall–Kier alpha value is -1.77. The Kier molecular flexibility index (Phi) is 4.88. The van der Waals surface area contributed by atoms with Crippen LogP contribution < -0.4 is 10.6 Å². The molecule has 3 nitrogen and oxygen atoms in total. The van der Waals surface area contributed by atoms with Gasteiger partial charge < -0.3 is 10.6 Å². The Morgan fingerprint density at radius 2 is 1.65 bits per heavy atom. The molecule has 1 aromatic rings. The second-order valence-electron chi connectivity index (χ2n) is 5.30. The molecule has 2 N–H and O–H groups in total. The van der Waals surface area contributed by atoms with Crippen LogP contribution in [-0.4, -0.2) is 25.0 Å². The van der Waals surface area contributed by atoms with Crippen molar-refractivity contribution in [2.24, 2.45) is 0 Å². The maximum atomic E-state index is 12.7. The first-order valence-corrected chi connectivity index (χ1v) is 6.88. The molecule has 9 heteroatoms. The third-order valence-electron chi connectivity index (χ3n) is 3.52. The van der Waals surface area contributed by atoms with Crippen molar-refractivity contribution in [1.82, 2.24) is 10.6 Å². The summed E-state index contributed by atoms with van der Waals surface area (Å²) in [6, 6.07) is 0.820. The second-order valence-corrected chi connectivity index (χ2v) is 5.30. The lowest BCUT2D eigenvalue weighted by molar-refractivity contribution is -0.143. The minimum Gasteiger partial charge on any atom is -0.350 e. The fourth-order valence-electron chi connectivity index (χ4n) is 2.33. The van der Waals surface area contributed by atoms with E-state index >= 15 is 0 Å². The van der Waals surface area contributed by atoms with Crippen molar-refractivity contribution in [3.63, 3.8) is 0 Å². The molecule has 0 aromatic heterocycles. The molecule has 0 bridgehead atoms. The van der Waals surface area contributed by atoms with E-state index in [1.54, 1.807) is 0 Å². The molecule has 1 fully saturated rings. The molecular weight excluding hydrogens is 326 g/mol. The number of carbonyl (C=O) groups excluding carboxylic acids is 1. The van der Waals surface area contributed by atoms with Crippen LogP contribution in [0.2, 0.25) is 0 Å². The molecule has 128 valence electrons. The van der Waals surface area contributed by atoms with Gasteiger partial charge in [0.2, 0.25) is 0 Å². The zero-order chi connectivity index (χ0) is 17.3. The van der Waals surface area contributed by atoms with Gasteiger partial charge in [0.05, 0.1) is 11.1 Å². The summed E-state index contributed by atoms with van der Waals surface area (Å²) in [4.78, 5) is 11.9. The van der Waals surface area contributed by atoms with Gasteiger partial charge in [0.25, 0.3) is 5.91 Å². The van der Waals surface area contributed by atoms with E-state index in [9.17, 15) is 31.1 Å². The Labute approximate surface area is 128 Å². The highest BCUT2D eigenvalue weighted by molar-refractivity contribution is 5.94. The molecule has 1 aliphatic rings. The largest absolute Gasteiger partial charge is 0.416 e. The molecule has 1 unspecified atom stereocenters. The van der Waals surface area contributed by atoms with Crippen LogP contribution in [0.4, 0.5) is 26.3 Å². The van der Waals surface area contributed by atoms with Crippen molar-refractivity contribution in [3.05, 3.63) is 34.9 Å². The monoisotopic (exact) mass is 340 g/mol. The summed E-state index contributed by atoms with van der Waals surface area (Å²) in [7, 11) is 0. The number of benzene rings is 1. The highest BCUT2D eigenvalue weighted by Gasteiger charge is 2.37. The SMILES string of the molecule is O=C(NCC1CCCN1)c1cc(C(F)(F)F)cc(C(F)(F)F)c1. The molecule has 2 rings (SSSR count). The molecule has 0 spiro atoms. The first-order chi connectivity index (χ1) is 10.6. The van der Waals surface area contributed by atoms with E-state index in [0.717, 1.165) is 19.4 Å². The normalized spacial score (nSPS) is 19.0. The average Bonchev–Trinajstić information content (AvgIpc) is 2.95. The first-order valence-electron chi connectivity index (χ1n) is 6.88. The van der Waals surface area contributed by atoms with Gasteiger partial charge >= 0.3 is 12.4 Å². The molecule has 0 radical (unpaired) electrons. The number of alkyl halides is 6. The van der Waals surface area contributed by atoms with Crippen molar-refractivity contribution in [2.45, 2.75) is 31.2 Å². The summed E-state index contributed by atoms with van der Waals surface area (Å²) in [6.45, 7) is 0.915. The van der Waals surface area contributed by atoms with Gasteiger partial charge in [0.1, 0.15) is 0 Å². The van der Waals surface area contributed by atoms with Crippen LogP contribution >= 0.6 is 0 Å². The lowest BCUT2D eigenvalue weighted by atomic mass is 10.0. The number of nitrogens with one attached hydrogen (secondary N) is 2. The molecular formula is C14H14F6N2O. The highest BCUT2D eigenvalue weighted by atomic mass is 19.4. The van der Waals surface area contributed by atoms with Gasteiger partial charge in [-0.25, -0.2) is 0 Å². The van der Waals surface area contributed by atoms with Crippen LogP contribution in [0.3, 0.4) is 0 Å². The highest BCUT2D eigenvalue weighted by Crippen LogP contribution is 2.36. The van der Waals surface area contributed by atoms with Crippen LogP contribution in [0.15, 0.2) is 18.2 Å². The van der Waals surface area contributed by atoms with Crippen molar-refractivity contribution < 1.29 is 31.1 Å². The van der Waals surface area contributed by atoms with Gasteiger partial charge in [-0.2, -0.15) is 26.3 Å². The van der Waals surface area contributed by atoms with E-state index in [-0.39, 0.29) is 18.7 Å². The third kappa shape index (κ3) is 4.60. The Morgan fingerprint density at radius 1 is 1.09 bits per heavy atom. The summed E-state index contributed by atoms with van der Waals surface area (Å²) in [6.07, 6.45) is -8.24. The maximum absolute atomic E-state index is 12.7. The van der Waals surface area contributed by atoms with Gasteiger partial charge in [-0.15, -0.1) is 0 Å². The lowest BCUT2D eigenvalue weighted by Gasteiger charge is -2.15. The summed E-state index contributed by atoms with van der Waals surface area (Å²) >= 11 is 0. The molecule has 1 heterocycles. The zero-order valence-corrected chi connectivity index (χ0v) is 11.8. The van der Waals surface area contributed by atoms with E-state index in [4.69, 9.17) is 0 Å². The predicted molar refractivity (Wildman–Crippen MR) is 69.8 cm³/mol. The predicted octanol–water partition coefficient (Wildman–Crippen LogP) is 3.21. The topological polar surface area (TPSA) is 41.1 Å². The third-order valence-corrected chi connectivity index (χ3v) is 3.52. The Balaban J connectivity index is 2.23. The average molecular weight is 340 g/mol. The number of rotatable bonds is 3. The van der Waals surface area contributed by atoms with Gasteiger partial charge in [0, 0.05) is 18.2 Å². The molecule has 0 saturated carbocycles. The van der Waals surface area contributed by atoms with Crippen molar-refractivity contribution in [2.75, 3.05) is 13.1 Å². The van der Waals surface area contributed by atoms with Crippen LogP contribution in [0.1, 0.15) is 34.3 Å². The second kappa shape index (κ2) is 6.38. The van der Waals surface area contributed by atoms with Crippen LogP contribution in [0.25, 0.3) is 0 Å². The van der Waals surface area contributed by atoms with Crippen molar-refractivity contribution >= 4 is 5.91 Å². The molecule has 1 saturated heterocycles. The molecule has 1 amide bonds. The molecule has 1 atom stereocenters. The minimum atomic E-state index is -4.97. The van der Waals surface area contributed by atoms with Crippen LogP contribution in [0, 0.1) is 0 Å². The summed E-state index contributed by atoms with van der Waals surface area (Å²) in [5.41, 5.74) is -3.67. The van der Waals surface area contributed by atoms with E-state index < -0.39 is 35.0 Å². The van der Waals surface area contributed by atoms with Crippen molar-refractivity contribution in [1.29, 1.82) is 0 Å². The summed E-state index contributed by atoms with van der Waals surface area (Å²) in [5, 5.41) is 5.42. The number of halogens is 6. The quantitative estimate of drug-likeness (QED) is 0.830. The van der Waals surface area contributed by atoms with E-state index in [1.165, 1.54) is 0 Å². The fraction of sp³-hybridized carbons (Fsp3) is 0.500. The summed E-state index contributed by atoms with van der Waals surface area (Å²) in [5.74, 6) is -0.963. The molecule has 23 heavy (non-hydrogen) atoms. The van der Waals surface area contributed by atoms with Gasteiger partial charge in [-0.3, -0.25) is 4.79 Å². The van der Waals surface area contributed by atoms with Crippen LogP contribution in [-0.2, 0) is 12.4 Å². The standard InChI is InChI=1S/C14H14F6N2O/c15-13(16,17)9-4-8(5-10(6-9)14(18,19)20)12(23)22-7-11-2-1-3-21-11/h4-6,11,21H,1-3,7H2,(H,22,23). The number of hydrogen-bond acceptors (Lipinski definition) is 2. The van der Waals surface area contributed by atoms with Gasteiger partial charge in [-0.05, 0) is 37.6 Å². The van der Waals surface area contributed by atoms with E-state index in [2.05, 4.69) is 10.6 Å². The number of hydrogen-bond donors (Lipinski definition) is 2. The van der Waals surface area contributed by atoms with E-state index in [0.29, 0.717) is 12.1 Å². The smallest absolute Gasteiger partial charge is 0.350 e. The maximum Gasteiger partial charge on any atom is 0.416 e. The lowest BCUT2D eigenvalue weighted by Crippen LogP contribution is -2.37. The zero-order valence-electron chi connectivity index (χ0n) is 11.8. The van der Waals surface area contributed by atoms with Gasteiger partial charge in [-0.1, -0.05) is 0 Å². The molecule has 1 aromatic carbocycles. The van der Waals surface area contributed by atoms with Gasteiger partial charge in [0.15, 0.2) is 0 Å². The fourth-order valence-corrected chi connectivity index (χ4v) is 2.33. The number of amides is 1. The molecule has 1 aliphatic heterocycles.